The van der Waals surface area contributed by atoms with Gasteiger partial charge in [0.25, 0.3) is 0 Å². The van der Waals surface area contributed by atoms with Crippen LogP contribution in [-0.2, 0) is 11.2 Å². The second kappa shape index (κ2) is 8.56. The standard InChI is InChI=1S/C29H29NO4/c1-6-34-29(31)27-26(22-13-9-11-19-10-7-8-12-21(19)22)18(3)30-17(2)14-20-15-24(32-4)25(33-5)16-23(20)28(27)30/h7-13,15-17H,6,14H2,1-5H3. The van der Waals surface area contributed by atoms with Gasteiger partial charge in [0.05, 0.1) is 32.1 Å². The summed E-state index contributed by atoms with van der Waals surface area (Å²) in [6.45, 7) is 6.45. The molecule has 5 heteroatoms. The van der Waals surface area contributed by atoms with Crippen LogP contribution in [0.25, 0.3) is 33.2 Å². The summed E-state index contributed by atoms with van der Waals surface area (Å²) in [6.07, 6.45) is 0.829. The number of nitrogens with zero attached hydrogens (tertiary/aromatic N) is 1. The number of hydrogen-bond donors (Lipinski definition) is 0. The molecule has 0 saturated carbocycles. The van der Waals surface area contributed by atoms with E-state index in [-0.39, 0.29) is 12.0 Å². The van der Waals surface area contributed by atoms with Crippen LogP contribution in [0.15, 0.2) is 54.6 Å². The molecule has 2 heterocycles. The maximum Gasteiger partial charge on any atom is 0.340 e. The highest BCUT2D eigenvalue weighted by Crippen LogP contribution is 2.48. The van der Waals surface area contributed by atoms with Gasteiger partial charge in [-0.05, 0) is 61.2 Å². The van der Waals surface area contributed by atoms with Crippen molar-refractivity contribution in [2.75, 3.05) is 20.8 Å². The van der Waals surface area contributed by atoms with Gasteiger partial charge in [0.2, 0.25) is 0 Å². The third-order valence-corrected chi connectivity index (χ3v) is 6.81. The summed E-state index contributed by atoms with van der Waals surface area (Å²) in [4.78, 5) is 13.6. The van der Waals surface area contributed by atoms with Crippen LogP contribution in [0.1, 0.15) is 41.5 Å². The maximum atomic E-state index is 13.6. The Labute approximate surface area is 199 Å². The Hall–Kier alpha value is -3.73. The zero-order valence-electron chi connectivity index (χ0n) is 20.3. The predicted molar refractivity (Wildman–Crippen MR) is 135 cm³/mol. The van der Waals surface area contributed by atoms with Crippen molar-refractivity contribution in [3.05, 3.63) is 71.4 Å². The summed E-state index contributed by atoms with van der Waals surface area (Å²) in [5, 5.41) is 2.25. The molecule has 0 N–H and O–H groups in total. The number of aromatic nitrogens is 1. The Kier molecular flexibility index (Phi) is 5.56. The first-order chi connectivity index (χ1) is 16.5. The molecule has 174 valence electrons. The number of rotatable bonds is 5. The largest absolute Gasteiger partial charge is 0.493 e. The highest BCUT2D eigenvalue weighted by molar-refractivity contribution is 6.09. The highest BCUT2D eigenvalue weighted by atomic mass is 16.5. The van der Waals surface area contributed by atoms with Crippen LogP contribution in [0.2, 0.25) is 0 Å². The molecule has 1 aromatic heterocycles. The summed E-state index contributed by atoms with van der Waals surface area (Å²) in [5.41, 5.74) is 6.62. The van der Waals surface area contributed by atoms with E-state index in [2.05, 4.69) is 42.7 Å². The van der Waals surface area contributed by atoms with Gasteiger partial charge < -0.3 is 18.8 Å². The zero-order valence-corrected chi connectivity index (χ0v) is 20.3. The molecule has 1 aliphatic heterocycles. The second-order valence-electron chi connectivity index (χ2n) is 8.72. The number of ether oxygens (including phenoxy) is 3. The van der Waals surface area contributed by atoms with E-state index >= 15 is 0 Å². The molecular formula is C29H29NO4. The molecule has 1 unspecified atom stereocenters. The van der Waals surface area contributed by atoms with Crippen molar-refractivity contribution in [1.82, 2.24) is 4.57 Å². The molecule has 0 amide bonds. The normalized spacial score (nSPS) is 14.4. The number of esters is 1. The van der Waals surface area contributed by atoms with Gasteiger partial charge in [0.1, 0.15) is 0 Å². The molecule has 1 aliphatic rings. The summed E-state index contributed by atoms with van der Waals surface area (Å²) in [6, 6.07) is 18.7. The van der Waals surface area contributed by atoms with E-state index in [0.29, 0.717) is 23.7 Å². The summed E-state index contributed by atoms with van der Waals surface area (Å²) in [5.74, 6) is 1.02. The fourth-order valence-corrected chi connectivity index (χ4v) is 5.42. The van der Waals surface area contributed by atoms with Gasteiger partial charge in [-0.3, -0.25) is 0 Å². The van der Waals surface area contributed by atoms with Crippen molar-refractivity contribution in [2.45, 2.75) is 33.2 Å². The van der Waals surface area contributed by atoms with Crippen LogP contribution in [0.4, 0.5) is 0 Å². The van der Waals surface area contributed by atoms with E-state index in [9.17, 15) is 4.79 Å². The van der Waals surface area contributed by atoms with Gasteiger partial charge >= 0.3 is 5.97 Å². The van der Waals surface area contributed by atoms with Crippen molar-refractivity contribution in [3.63, 3.8) is 0 Å². The molecule has 34 heavy (non-hydrogen) atoms. The van der Waals surface area contributed by atoms with Crippen molar-refractivity contribution < 1.29 is 19.0 Å². The van der Waals surface area contributed by atoms with Gasteiger partial charge in [-0.1, -0.05) is 42.5 Å². The van der Waals surface area contributed by atoms with Crippen LogP contribution in [0.3, 0.4) is 0 Å². The highest BCUT2D eigenvalue weighted by Gasteiger charge is 2.35. The fraction of sp³-hybridized carbons (Fsp3) is 0.276. The van der Waals surface area contributed by atoms with E-state index in [1.165, 1.54) is 0 Å². The minimum atomic E-state index is -0.308. The molecule has 5 rings (SSSR count). The Morgan fingerprint density at radius 3 is 2.44 bits per heavy atom. The number of hydrogen-bond acceptors (Lipinski definition) is 4. The van der Waals surface area contributed by atoms with Crippen LogP contribution >= 0.6 is 0 Å². The molecule has 0 bridgehead atoms. The minimum absolute atomic E-state index is 0.164. The van der Waals surface area contributed by atoms with Gasteiger partial charge in [0.15, 0.2) is 11.5 Å². The molecule has 1 atom stereocenters. The fourth-order valence-electron chi connectivity index (χ4n) is 5.42. The Morgan fingerprint density at radius 2 is 1.71 bits per heavy atom. The molecule has 0 aliphatic carbocycles. The molecule has 4 aromatic rings. The molecule has 0 saturated heterocycles. The third kappa shape index (κ3) is 3.26. The molecule has 5 nitrogen and oxygen atoms in total. The summed E-state index contributed by atoms with van der Waals surface area (Å²) < 4.78 is 19.1. The topological polar surface area (TPSA) is 49.7 Å². The van der Waals surface area contributed by atoms with E-state index < -0.39 is 0 Å². The quantitative estimate of drug-likeness (QED) is 0.318. The Balaban J connectivity index is 1.89. The lowest BCUT2D eigenvalue weighted by molar-refractivity contribution is 0.0528. The molecule has 0 spiro atoms. The first kappa shape index (κ1) is 22.1. The Bertz CT molecular complexity index is 1410. The third-order valence-electron chi connectivity index (χ3n) is 6.81. The maximum absolute atomic E-state index is 13.6. The van der Waals surface area contributed by atoms with Gasteiger partial charge in [-0.2, -0.15) is 0 Å². The molecular weight excluding hydrogens is 426 g/mol. The minimum Gasteiger partial charge on any atom is -0.493 e. The molecule has 0 fully saturated rings. The molecule has 3 aromatic carbocycles. The van der Waals surface area contributed by atoms with Gasteiger partial charge in [-0.25, -0.2) is 4.79 Å². The summed E-state index contributed by atoms with van der Waals surface area (Å²) >= 11 is 0. The SMILES string of the molecule is CCOC(=O)c1c(-c2cccc3ccccc23)c(C)n2c1-c1cc(OC)c(OC)cc1CC2C. The van der Waals surface area contributed by atoms with E-state index in [1.54, 1.807) is 14.2 Å². The van der Waals surface area contributed by atoms with E-state index in [0.717, 1.165) is 50.8 Å². The van der Waals surface area contributed by atoms with Crippen molar-refractivity contribution in [2.24, 2.45) is 0 Å². The molecule has 0 radical (unpaired) electrons. The first-order valence-electron chi connectivity index (χ1n) is 11.6. The number of methoxy groups -OCH3 is 2. The summed E-state index contributed by atoms with van der Waals surface area (Å²) in [7, 11) is 3.28. The number of carbonyl (C=O) groups excluding carboxylic acids is 1. The van der Waals surface area contributed by atoms with E-state index in [1.807, 2.05) is 37.3 Å². The first-order valence-corrected chi connectivity index (χ1v) is 11.6. The van der Waals surface area contributed by atoms with Crippen LogP contribution in [0.5, 0.6) is 11.5 Å². The van der Waals surface area contributed by atoms with Crippen LogP contribution < -0.4 is 9.47 Å². The van der Waals surface area contributed by atoms with E-state index in [4.69, 9.17) is 14.2 Å². The Morgan fingerprint density at radius 1 is 1.00 bits per heavy atom. The van der Waals surface area contributed by atoms with Crippen molar-refractivity contribution in [1.29, 1.82) is 0 Å². The average Bonchev–Trinajstić information content (AvgIpc) is 3.16. The number of fused-ring (bicyclic) bond motifs is 4. The number of benzene rings is 3. The van der Waals surface area contributed by atoms with Crippen LogP contribution in [-0.4, -0.2) is 31.4 Å². The van der Waals surface area contributed by atoms with Gasteiger partial charge in [-0.15, -0.1) is 0 Å². The monoisotopic (exact) mass is 455 g/mol. The predicted octanol–water partition coefficient (Wildman–Crippen LogP) is 6.59. The number of carbonyl (C=O) groups is 1. The second-order valence-corrected chi connectivity index (χ2v) is 8.72. The lowest BCUT2D eigenvalue weighted by atomic mass is 9.90. The van der Waals surface area contributed by atoms with Crippen molar-refractivity contribution in [3.8, 4) is 33.9 Å². The van der Waals surface area contributed by atoms with Crippen molar-refractivity contribution >= 4 is 16.7 Å². The van der Waals surface area contributed by atoms with Gasteiger partial charge in [0, 0.05) is 22.9 Å². The van der Waals surface area contributed by atoms with Crippen LogP contribution in [0, 0.1) is 6.92 Å². The zero-order chi connectivity index (χ0) is 24.0. The smallest absolute Gasteiger partial charge is 0.340 e. The average molecular weight is 456 g/mol. The lowest BCUT2D eigenvalue weighted by Crippen LogP contribution is -2.18. The lowest BCUT2D eigenvalue weighted by Gasteiger charge is -2.28.